The second kappa shape index (κ2) is 12.8. The van der Waals surface area contributed by atoms with Gasteiger partial charge in [-0.2, -0.15) is 15.2 Å². The van der Waals surface area contributed by atoms with Crippen LogP contribution in [0.1, 0.15) is 5.56 Å². The van der Waals surface area contributed by atoms with E-state index in [9.17, 15) is 5.26 Å². The molecular formula is C52H30N6O. The molecule has 0 atom stereocenters. The number of aromatic nitrogens is 5. The van der Waals surface area contributed by atoms with Crippen LogP contribution >= 0.6 is 0 Å². The molecule has 8 aromatic carbocycles. The van der Waals surface area contributed by atoms with Crippen LogP contribution in [0.5, 0.6) is 0 Å². The first-order chi connectivity index (χ1) is 29.2. The summed E-state index contributed by atoms with van der Waals surface area (Å²) in [7, 11) is 0. The Kier molecular flexibility index (Phi) is 7.16. The van der Waals surface area contributed by atoms with Crippen molar-refractivity contribution in [3.63, 3.8) is 0 Å². The lowest BCUT2D eigenvalue weighted by Crippen LogP contribution is -2.06. The molecule has 0 N–H and O–H groups in total. The minimum atomic E-state index is 0.539. The molecule has 7 nitrogen and oxygen atoms in total. The molecule has 0 radical (unpaired) electrons. The van der Waals surface area contributed by atoms with Crippen molar-refractivity contribution < 1.29 is 4.42 Å². The van der Waals surface area contributed by atoms with E-state index in [4.69, 9.17) is 19.4 Å². The Morgan fingerprint density at radius 2 is 1.00 bits per heavy atom. The topological polar surface area (TPSA) is 85.5 Å². The zero-order valence-corrected chi connectivity index (χ0v) is 31.4. The van der Waals surface area contributed by atoms with Crippen LogP contribution < -0.4 is 0 Å². The van der Waals surface area contributed by atoms with Gasteiger partial charge in [0, 0.05) is 54.7 Å². The van der Waals surface area contributed by atoms with Gasteiger partial charge in [-0.3, -0.25) is 4.57 Å². The maximum atomic E-state index is 9.88. The SMILES string of the molecule is N#Cc1cccc(-c2cc(-n3c4ccccc4c4cc5c6ccccc6n(-c6nc(-c7ccccc7)nc(-c7ccccc7)n6)c5cc43)cc3c2oc2ccccc23)c1. The smallest absolute Gasteiger partial charge is 0.238 e. The van der Waals surface area contributed by atoms with E-state index in [-0.39, 0.29) is 0 Å². The van der Waals surface area contributed by atoms with Crippen LogP contribution in [0, 0.1) is 11.3 Å². The first-order valence-corrected chi connectivity index (χ1v) is 19.5. The maximum absolute atomic E-state index is 9.88. The van der Waals surface area contributed by atoms with Crippen molar-refractivity contribution in [2.24, 2.45) is 0 Å². The van der Waals surface area contributed by atoms with Crippen molar-refractivity contribution >= 4 is 65.6 Å². The van der Waals surface area contributed by atoms with Crippen molar-refractivity contribution in [3.8, 4) is 51.6 Å². The molecule has 12 rings (SSSR count). The van der Waals surface area contributed by atoms with Gasteiger partial charge in [0.2, 0.25) is 5.95 Å². The Balaban J connectivity index is 1.19. The molecule has 0 aliphatic carbocycles. The standard InChI is InChI=1S/C52H30N6O/c53-31-32-14-13-19-35(26-32)40-27-36(28-43-39-22-9-12-25-48(39)59-49(40)43)57-44-23-10-7-20-37(44)41-29-42-38-21-8-11-24-45(38)58(47(42)30-46(41)57)52-55-50(33-15-3-1-4-16-33)54-51(56-52)34-17-5-2-6-18-34/h1-30H. The Bertz CT molecular complexity index is 3630. The van der Waals surface area contributed by atoms with Gasteiger partial charge in [0.1, 0.15) is 11.2 Å². The van der Waals surface area contributed by atoms with Gasteiger partial charge < -0.3 is 8.98 Å². The van der Waals surface area contributed by atoms with Crippen molar-refractivity contribution in [1.29, 1.82) is 5.26 Å². The number of hydrogen-bond acceptors (Lipinski definition) is 5. The predicted molar refractivity (Wildman–Crippen MR) is 237 cm³/mol. The number of hydrogen-bond donors (Lipinski definition) is 0. The van der Waals surface area contributed by atoms with Crippen molar-refractivity contribution in [2.45, 2.75) is 0 Å². The van der Waals surface area contributed by atoms with Crippen molar-refractivity contribution in [1.82, 2.24) is 24.1 Å². The second-order valence-electron chi connectivity index (χ2n) is 14.8. The van der Waals surface area contributed by atoms with Crippen molar-refractivity contribution in [3.05, 3.63) is 188 Å². The van der Waals surface area contributed by atoms with Gasteiger partial charge in [0.25, 0.3) is 0 Å². The molecule has 4 aromatic heterocycles. The molecule has 0 aliphatic heterocycles. The van der Waals surface area contributed by atoms with E-state index in [1.807, 2.05) is 103 Å². The quantitative estimate of drug-likeness (QED) is 0.175. The highest BCUT2D eigenvalue weighted by molar-refractivity contribution is 6.19. The fraction of sp³-hybridized carbons (Fsp3) is 0. The molecule has 0 saturated heterocycles. The van der Waals surface area contributed by atoms with Gasteiger partial charge in [-0.05, 0) is 60.2 Å². The zero-order chi connectivity index (χ0) is 39.0. The van der Waals surface area contributed by atoms with Crippen LogP contribution in [0.25, 0.3) is 111 Å². The summed E-state index contributed by atoms with van der Waals surface area (Å²) in [6, 6.07) is 64.5. The average molecular weight is 755 g/mol. The first-order valence-electron chi connectivity index (χ1n) is 19.5. The summed E-state index contributed by atoms with van der Waals surface area (Å²) in [5.74, 6) is 1.74. The fourth-order valence-corrected chi connectivity index (χ4v) is 8.73. The number of rotatable bonds is 5. The largest absolute Gasteiger partial charge is 0.455 e. The Labute approximate surface area is 337 Å². The van der Waals surface area contributed by atoms with Crippen molar-refractivity contribution in [2.75, 3.05) is 0 Å². The van der Waals surface area contributed by atoms with Crippen LogP contribution in [-0.2, 0) is 0 Å². The van der Waals surface area contributed by atoms with Crippen LogP contribution in [0.15, 0.2) is 186 Å². The summed E-state index contributed by atoms with van der Waals surface area (Å²) >= 11 is 0. The van der Waals surface area contributed by atoms with Gasteiger partial charge in [-0.1, -0.05) is 127 Å². The second-order valence-corrected chi connectivity index (χ2v) is 14.8. The molecule has 0 unspecified atom stereocenters. The number of nitrogens with zero attached hydrogens (tertiary/aromatic N) is 6. The third-order valence-electron chi connectivity index (χ3n) is 11.4. The third-order valence-corrected chi connectivity index (χ3v) is 11.4. The van der Waals surface area contributed by atoms with Crippen LogP contribution in [0.3, 0.4) is 0 Å². The molecule has 0 saturated carbocycles. The molecule has 4 heterocycles. The number of para-hydroxylation sites is 3. The normalized spacial score (nSPS) is 11.7. The van der Waals surface area contributed by atoms with Gasteiger partial charge in [0.15, 0.2) is 11.6 Å². The molecule has 0 amide bonds. The molecule has 0 spiro atoms. The lowest BCUT2D eigenvalue weighted by Gasteiger charge is -2.13. The molecular weight excluding hydrogens is 725 g/mol. The Morgan fingerprint density at radius 1 is 0.424 bits per heavy atom. The highest BCUT2D eigenvalue weighted by atomic mass is 16.3. The van der Waals surface area contributed by atoms with E-state index >= 15 is 0 Å². The molecule has 0 aliphatic rings. The monoisotopic (exact) mass is 754 g/mol. The minimum absolute atomic E-state index is 0.539. The number of fused-ring (bicyclic) bond motifs is 9. The summed E-state index contributed by atoms with van der Waals surface area (Å²) in [6.07, 6.45) is 0. The molecule has 274 valence electrons. The van der Waals surface area contributed by atoms with E-state index in [2.05, 4.69) is 94.1 Å². The highest BCUT2D eigenvalue weighted by Gasteiger charge is 2.23. The summed E-state index contributed by atoms with van der Waals surface area (Å²) in [4.78, 5) is 15.4. The molecule has 7 heteroatoms. The van der Waals surface area contributed by atoms with Crippen LogP contribution in [0.2, 0.25) is 0 Å². The molecule has 0 fully saturated rings. The van der Waals surface area contributed by atoms with Gasteiger partial charge in [-0.15, -0.1) is 0 Å². The van der Waals surface area contributed by atoms with Gasteiger partial charge >= 0.3 is 0 Å². The van der Waals surface area contributed by atoms with E-state index in [0.717, 1.165) is 93.5 Å². The summed E-state index contributed by atoms with van der Waals surface area (Å²) < 4.78 is 11.1. The fourth-order valence-electron chi connectivity index (χ4n) is 8.73. The number of benzene rings is 8. The van der Waals surface area contributed by atoms with E-state index in [1.54, 1.807) is 0 Å². The first kappa shape index (κ1) is 32.9. The summed E-state index contributed by atoms with van der Waals surface area (Å²) in [5, 5.41) is 16.4. The third kappa shape index (κ3) is 5.10. The zero-order valence-electron chi connectivity index (χ0n) is 31.4. The average Bonchev–Trinajstić information content (AvgIpc) is 3.95. The lowest BCUT2D eigenvalue weighted by molar-refractivity contribution is 0.670. The molecule has 12 aromatic rings. The van der Waals surface area contributed by atoms with Crippen LogP contribution in [-0.4, -0.2) is 24.1 Å². The van der Waals surface area contributed by atoms with E-state index in [0.29, 0.717) is 23.2 Å². The minimum Gasteiger partial charge on any atom is -0.455 e. The van der Waals surface area contributed by atoms with E-state index < -0.39 is 0 Å². The predicted octanol–water partition coefficient (Wildman–Crippen LogP) is 12.8. The molecule has 0 bridgehead atoms. The number of nitriles is 1. The van der Waals surface area contributed by atoms with Gasteiger partial charge in [-0.25, -0.2) is 4.98 Å². The Morgan fingerprint density at radius 3 is 1.68 bits per heavy atom. The highest BCUT2D eigenvalue weighted by Crippen LogP contribution is 2.43. The molecule has 59 heavy (non-hydrogen) atoms. The van der Waals surface area contributed by atoms with E-state index in [1.165, 1.54) is 0 Å². The van der Waals surface area contributed by atoms with Crippen LogP contribution in [0.4, 0.5) is 0 Å². The Hall–Kier alpha value is -8.34. The van der Waals surface area contributed by atoms with Gasteiger partial charge in [0.05, 0.1) is 33.7 Å². The lowest BCUT2D eigenvalue weighted by atomic mass is 9.99. The summed E-state index contributed by atoms with van der Waals surface area (Å²) in [6.45, 7) is 0. The number of furan rings is 1. The summed E-state index contributed by atoms with van der Waals surface area (Å²) in [5.41, 5.74) is 10.9. The maximum Gasteiger partial charge on any atom is 0.238 e.